The summed E-state index contributed by atoms with van der Waals surface area (Å²) in [5.41, 5.74) is 0.209. The molecule has 0 spiro atoms. The van der Waals surface area contributed by atoms with Crippen LogP contribution in [0.5, 0.6) is 0 Å². The Labute approximate surface area is 258 Å². The lowest BCUT2D eigenvalue weighted by molar-refractivity contribution is -0.162. The van der Waals surface area contributed by atoms with Crippen LogP contribution in [-0.2, 0) is 24.0 Å². The zero-order valence-electron chi connectivity index (χ0n) is 24.3. The molecule has 228 valence electrons. The molecule has 0 radical (unpaired) electrons. The highest BCUT2D eigenvalue weighted by molar-refractivity contribution is 8.00. The molecule has 2 fully saturated rings. The number of nitrogens with one attached hydrogen (secondary N) is 1. The maximum absolute atomic E-state index is 13.8. The van der Waals surface area contributed by atoms with Crippen molar-refractivity contribution >= 4 is 47.6 Å². The summed E-state index contributed by atoms with van der Waals surface area (Å²) < 4.78 is 11.2. The largest absolute Gasteiger partial charge is 0.452 e. The molecule has 3 atom stereocenters. The number of aromatic nitrogens is 2. The Hall–Kier alpha value is -4.98. The van der Waals surface area contributed by atoms with Gasteiger partial charge in [-0.1, -0.05) is 77.1 Å². The number of carbonyl (C=O) groups is 3. The van der Waals surface area contributed by atoms with Gasteiger partial charge in [0.1, 0.15) is 23.9 Å². The lowest BCUT2D eigenvalue weighted by Crippen LogP contribution is -2.74. The number of hydrogen-bond donors (Lipinski definition) is 1. The quantitative estimate of drug-likeness (QED) is 0.0849. The molecule has 44 heavy (non-hydrogen) atoms. The fourth-order valence-corrected chi connectivity index (χ4v) is 6.28. The van der Waals surface area contributed by atoms with E-state index in [1.54, 1.807) is 25.1 Å². The number of oxime groups is 1. The summed E-state index contributed by atoms with van der Waals surface area (Å²) in [6.45, 7) is 3.98. The van der Waals surface area contributed by atoms with E-state index in [1.165, 1.54) is 30.1 Å². The Kier molecular flexibility index (Phi) is 9.09. The molecular weight excluding hydrogens is 586 g/mol. The molecule has 14 heteroatoms. The van der Waals surface area contributed by atoms with Gasteiger partial charge in [0.2, 0.25) is 17.4 Å². The predicted octanol–water partition coefficient (Wildman–Crippen LogP) is 2.55. The van der Waals surface area contributed by atoms with Gasteiger partial charge in [-0.2, -0.15) is 9.98 Å². The number of fused-ring (bicyclic) bond motifs is 1. The lowest BCUT2D eigenvalue weighted by atomic mass is 9.87. The first-order valence-electron chi connectivity index (χ1n) is 13.6. The number of hydrogen-bond acceptors (Lipinski definition) is 11. The van der Waals surface area contributed by atoms with Gasteiger partial charge in [-0.05, 0) is 11.1 Å². The van der Waals surface area contributed by atoms with Crippen molar-refractivity contribution in [3.05, 3.63) is 90.3 Å². The summed E-state index contributed by atoms with van der Waals surface area (Å²) in [6, 6.07) is 18.0. The number of carbonyl (C=O) groups excluding carboxylic acids is 3. The fraction of sp³-hybridized carbons (Fsp3) is 0.300. The molecule has 2 aliphatic rings. The summed E-state index contributed by atoms with van der Waals surface area (Å²) in [7, 11) is 4.80. The van der Waals surface area contributed by atoms with Crippen LogP contribution in [-0.4, -0.2) is 94.7 Å². The number of ether oxygens (including phenoxy) is 1. The van der Waals surface area contributed by atoms with Crippen LogP contribution in [0.2, 0.25) is 0 Å². The lowest BCUT2D eigenvalue weighted by Gasteiger charge is -2.53. The van der Waals surface area contributed by atoms with Crippen molar-refractivity contribution in [3.63, 3.8) is 0 Å². The van der Waals surface area contributed by atoms with E-state index in [1.807, 2.05) is 60.7 Å². The van der Waals surface area contributed by atoms with Gasteiger partial charge < -0.3 is 29.2 Å². The van der Waals surface area contributed by atoms with E-state index in [0.717, 1.165) is 11.1 Å². The van der Waals surface area contributed by atoms with Crippen LogP contribution in [0.4, 0.5) is 6.01 Å². The second kappa shape index (κ2) is 13.1. The Morgan fingerprint density at radius 3 is 2.43 bits per heavy atom. The number of amides is 2. The van der Waals surface area contributed by atoms with E-state index < -0.39 is 34.8 Å². The van der Waals surface area contributed by atoms with Gasteiger partial charge in [-0.3, -0.25) is 14.4 Å². The molecule has 2 saturated heterocycles. The van der Waals surface area contributed by atoms with Crippen molar-refractivity contribution < 1.29 is 28.5 Å². The topological polar surface area (TPSA) is 152 Å². The first-order chi connectivity index (χ1) is 21.3. The molecule has 2 unspecified atom stereocenters. The van der Waals surface area contributed by atoms with E-state index in [-0.39, 0.29) is 30.0 Å². The van der Waals surface area contributed by atoms with Crippen molar-refractivity contribution in [3.8, 4) is 0 Å². The maximum Gasteiger partial charge on any atom is 0.349 e. The third-order valence-corrected chi connectivity index (χ3v) is 8.59. The predicted molar refractivity (Wildman–Crippen MR) is 163 cm³/mol. The highest BCUT2D eigenvalue weighted by Crippen LogP contribution is 2.44. The molecule has 0 saturated carbocycles. The minimum atomic E-state index is -1.15. The van der Waals surface area contributed by atoms with E-state index in [0.29, 0.717) is 5.75 Å². The van der Waals surface area contributed by atoms with E-state index >= 15 is 0 Å². The number of rotatable bonds is 11. The van der Waals surface area contributed by atoms with Gasteiger partial charge in [-0.15, -0.1) is 18.3 Å². The van der Waals surface area contributed by atoms with Crippen LogP contribution in [0.1, 0.15) is 23.1 Å². The zero-order valence-corrected chi connectivity index (χ0v) is 25.1. The van der Waals surface area contributed by atoms with E-state index in [4.69, 9.17) is 14.1 Å². The van der Waals surface area contributed by atoms with E-state index in [2.05, 4.69) is 32.2 Å². The molecule has 1 N–H and O–H groups in total. The smallest absolute Gasteiger partial charge is 0.349 e. The number of nitrogens with zero attached hydrogens (tertiary/aromatic N) is 6. The summed E-state index contributed by atoms with van der Waals surface area (Å²) in [6.07, 6.45) is 2.36. The zero-order chi connectivity index (χ0) is 31.3. The maximum atomic E-state index is 13.8. The third kappa shape index (κ3) is 6.20. The van der Waals surface area contributed by atoms with Crippen molar-refractivity contribution in [1.82, 2.24) is 25.3 Å². The molecular formula is C30H31N7O6S. The Morgan fingerprint density at radius 2 is 1.84 bits per heavy atom. The first kappa shape index (κ1) is 30.5. The van der Waals surface area contributed by atoms with Gasteiger partial charge in [-0.25, -0.2) is 0 Å². The molecule has 1 aromatic heterocycles. The number of benzene rings is 2. The molecule has 2 aromatic carbocycles. The van der Waals surface area contributed by atoms with Crippen molar-refractivity contribution in [1.29, 1.82) is 0 Å². The van der Waals surface area contributed by atoms with Gasteiger partial charge in [0.05, 0.1) is 6.34 Å². The SMILES string of the molecule is C=CC1(C(=O)OC(c2ccccc2)c2ccccc2)CS[C@@H]2C(NC(=O)C(=NOC)c3noc(N=CN(C)C)n3)C(=O)N2C1. The minimum absolute atomic E-state index is 0.0611. The Bertz CT molecular complexity index is 1540. The van der Waals surface area contributed by atoms with Crippen LogP contribution in [0, 0.1) is 5.41 Å². The average Bonchev–Trinajstić information content (AvgIpc) is 3.52. The molecule has 3 heterocycles. The van der Waals surface area contributed by atoms with Gasteiger partial charge in [0, 0.05) is 26.4 Å². The normalized spacial score (nSPS) is 21.4. The summed E-state index contributed by atoms with van der Waals surface area (Å²) in [5.74, 6) is -1.45. The highest BCUT2D eigenvalue weighted by Gasteiger charge is 2.57. The standard InChI is InChI=1S/C30H31N7O6S/c1-5-30(28(40)42-23(19-12-8-6-9-13-19)20-14-10-7-11-15-20)16-37-26(39)22(27(37)44-17-30)32-25(38)21(34-41-4)24-33-29(43-35-24)31-18-36(2)3/h5-15,18,22-23,27H,1,16-17H2,2-4H3,(H,32,38)/t22?,27-,30?/m1/s1. The van der Waals surface area contributed by atoms with Crippen LogP contribution in [0.25, 0.3) is 0 Å². The van der Waals surface area contributed by atoms with Crippen LogP contribution in [0.3, 0.4) is 0 Å². The monoisotopic (exact) mass is 617 g/mol. The van der Waals surface area contributed by atoms with Crippen molar-refractivity contribution in [2.24, 2.45) is 15.6 Å². The Balaban J connectivity index is 1.27. The number of esters is 1. The molecule has 2 aliphatic heterocycles. The molecule has 0 bridgehead atoms. The second-order valence-electron chi connectivity index (χ2n) is 10.3. The summed E-state index contributed by atoms with van der Waals surface area (Å²) in [5, 5.41) is 9.75. The number of β-lactam (4-membered cyclic amide) rings is 1. The first-order valence-corrected chi connectivity index (χ1v) is 14.6. The molecule has 3 aromatic rings. The second-order valence-corrected chi connectivity index (χ2v) is 11.4. The van der Waals surface area contributed by atoms with Crippen molar-refractivity contribution in [2.75, 3.05) is 33.5 Å². The van der Waals surface area contributed by atoms with Crippen LogP contribution >= 0.6 is 11.8 Å². The summed E-state index contributed by atoms with van der Waals surface area (Å²) in [4.78, 5) is 56.3. The fourth-order valence-electron chi connectivity index (χ4n) is 4.75. The van der Waals surface area contributed by atoms with Crippen molar-refractivity contribution in [2.45, 2.75) is 17.5 Å². The van der Waals surface area contributed by atoms with E-state index in [9.17, 15) is 14.4 Å². The highest BCUT2D eigenvalue weighted by atomic mass is 32.2. The third-order valence-electron chi connectivity index (χ3n) is 7.04. The summed E-state index contributed by atoms with van der Waals surface area (Å²) >= 11 is 1.35. The van der Waals surface area contributed by atoms with Gasteiger partial charge >= 0.3 is 12.0 Å². The minimum Gasteiger partial charge on any atom is -0.452 e. The van der Waals surface area contributed by atoms with Crippen LogP contribution < -0.4 is 5.32 Å². The molecule has 13 nitrogen and oxygen atoms in total. The molecule has 2 amide bonds. The number of aliphatic imine (C=N–C) groups is 1. The van der Waals surface area contributed by atoms with Crippen LogP contribution in [0.15, 0.2) is 88.0 Å². The Morgan fingerprint density at radius 1 is 1.18 bits per heavy atom. The molecule has 0 aliphatic carbocycles. The van der Waals surface area contributed by atoms with Gasteiger partial charge in [0.15, 0.2) is 6.10 Å². The average molecular weight is 618 g/mol. The van der Waals surface area contributed by atoms with Gasteiger partial charge in [0.25, 0.3) is 5.91 Å². The molecule has 5 rings (SSSR count). The number of thioether (sulfide) groups is 1.